The molecule has 0 aliphatic rings. The summed E-state index contributed by atoms with van der Waals surface area (Å²) in [4.78, 5) is 2.18. The molecule has 0 saturated carbocycles. The predicted octanol–water partition coefficient (Wildman–Crippen LogP) is 3.73. The summed E-state index contributed by atoms with van der Waals surface area (Å²) in [6, 6.07) is 0. The van der Waals surface area contributed by atoms with Gasteiger partial charge in [0.15, 0.2) is 0 Å². The highest BCUT2D eigenvalue weighted by atomic mass is 15.0. The number of allylic oxidation sites excluding steroid dienone is 9. The van der Waals surface area contributed by atoms with E-state index in [0.717, 1.165) is 12.2 Å². The van der Waals surface area contributed by atoms with E-state index in [1.807, 2.05) is 38.2 Å². The first-order valence-electron chi connectivity index (χ1n) is 6.47. The van der Waals surface area contributed by atoms with Gasteiger partial charge in [-0.3, -0.25) is 0 Å². The van der Waals surface area contributed by atoms with E-state index >= 15 is 0 Å². The molecule has 0 aromatic heterocycles. The zero-order chi connectivity index (χ0) is 14.5. The summed E-state index contributed by atoms with van der Waals surface area (Å²) in [5.74, 6) is 0. The second-order valence-electron chi connectivity index (χ2n) is 4.05. The molecule has 0 bridgehead atoms. The lowest BCUT2D eigenvalue weighted by atomic mass is 10.1. The maximum absolute atomic E-state index is 3.75. The topological polar surface area (TPSA) is 3.24 Å². The van der Waals surface area contributed by atoms with Gasteiger partial charge in [-0.15, -0.1) is 0 Å². The quantitative estimate of drug-likeness (QED) is 0.470. The Labute approximate surface area is 119 Å². The molecule has 0 spiro atoms. The van der Waals surface area contributed by atoms with Gasteiger partial charge in [-0.2, -0.15) is 0 Å². The molecule has 0 aliphatic heterocycles. The van der Waals surface area contributed by atoms with Crippen LogP contribution in [0.2, 0.25) is 0 Å². The molecular weight excluding hydrogens is 229 g/mol. The standard InChI is InChI=1S/C17H24BN/c1-5-9-13-16(11-7-3)15-19(18)17(12-8-4)14-10-6-2/h5-14H,2,4,15,18H2,1,3H3/b9-5-,11-7-,14-10-,16-13+,17-12+. The minimum absolute atomic E-state index is 0.843. The van der Waals surface area contributed by atoms with Crippen LogP contribution in [-0.2, 0) is 0 Å². The summed E-state index contributed by atoms with van der Waals surface area (Å²) in [7, 11) is 2.07. The molecule has 0 aromatic rings. The van der Waals surface area contributed by atoms with Crippen LogP contribution >= 0.6 is 0 Å². The van der Waals surface area contributed by atoms with E-state index in [4.69, 9.17) is 0 Å². The largest absolute Gasteiger partial charge is 0.418 e. The molecule has 0 unspecified atom stereocenters. The Morgan fingerprint density at radius 1 is 1.00 bits per heavy atom. The van der Waals surface area contributed by atoms with Crippen LogP contribution < -0.4 is 0 Å². The van der Waals surface area contributed by atoms with Gasteiger partial charge in [0.25, 0.3) is 0 Å². The Morgan fingerprint density at radius 2 is 1.74 bits per heavy atom. The first-order valence-corrected chi connectivity index (χ1v) is 6.47. The molecule has 1 nitrogen and oxygen atoms in total. The van der Waals surface area contributed by atoms with Crippen molar-refractivity contribution in [1.29, 1.82) is 0 Å². The molecule has 2 heteroatoms. The average molecular weight is 253 g/mol. The van der Waals surface area contributed by atoms with Crippen LogP contribution in [-0.4, -0.2) is 19.3 Å². The second kappa shape index (κ2) is 11.2. The van der Waals surface area contributed by atoms with Crippen molar-refractivity contribution < 1.29 is 0 Å². The Morgan fingerprint density at radius 3 is 2.26 bits per heavy atom. The Bertz CT molecular complexity index is 423. The summed E-state index contributed by atoms with van der Waals surface area (Å²) in [5, 5.41) is 0. The van der Waals surface area contributed by atoms with Crippen LogP contribution in [0, 0.1) is 0 Å². The number of rotatable bonds is 8. The van der Waals surface area contributed by atoms with Crippen molar-refractivity contribution in [3.63, 3.8) is 0 Å². The molecule has 0 saturated heterocycles. The summed E-state index contributed by atoms with van der Waals surface area (Å²) >= 11 is 0. The molecule has 100 valence electrons. The maximum atomic E-state index is 3.75. The molecule has 0 aromatic carbocycles. The van der Waals surface area contributed by atoms with Crippen LogP contribution in [0.4, 0.5) is 0 Å². The lowest BCUT2D eigenvalue weighted by Gasteiger charge is -2.21. The highest BCUT2D eigenvalue weighted by Crippen LogP contribution is 2.09. The van der Waals surface area contributed by atoms with E-state index in [0.29, 0.717) is 0 Å². The highest BCUT2D eigenvalue weighted by molar-refractivity contribution is 6.06. The molecule has 0 heterocycles. The molecule has 0 fully saturated rings. The van der Waals surface area contributed by atoms with Gasteiger partial charge in [0.1, 0.15) is 0 Å². The molecule has 0 amide bonds. The summed E-state index contributed by atoms with van der Waals surface area (Å²) in [6.07, 6.45) is 19.9. The van der Waals surface area contributed by atoms with Gasteiger partial charge in [-0.25, -0.2) is 0 Å². The third-order valence-corrected chi connectivity index (χ3v) is 2.44. The van der Waals surface area contributed by atoms with Gasteiger partial charge < -0.3 is 4.81 Å². The molecule has 0 N–H and O–H groups in total. The molecule has 0 radical (unpaired) electrons. The van der Waals surface area contributed by atoms with Gasteiger partial charge in [0, 0.05) is 12.2 Å². The molecule has 0 rings (SSSR count). The van der Waals surface area contributed by atoms with Crippen molar-refractivity contribution >= 4 is 7.98 Å². The Hall–Kier alpha value is -1.96. The van der Waals surface area contributed by atoms with Crippen molar-refractivity contribution in [2.45, 2.75) is 13.8 Å². The fourth-order valence-corrected chi connectivity index (χ4v) is 1.56. The van der Waals surface area contributed by atoms with Crippen molar-refractivity contribution in [3.8, 4) is 0 Å². The van der Waals surface area contributed by atoms with E-state index in [1.165, 1.54) is 5.57 Å². The molecule has 19 heavy (non-hydrogen) atoms. The Kier molecular flexibility index (Phi) is 10.0. The lowest BCUT2D eigenvalue weighted by molar-refractivity contribution is 0.625. The summed E-state index contributed by atoms with van der Waals surface area (Å²) < 4.78 is 0. The molecular formula is C17H24BN. The van der Waals surface area contributed by atoms with Gasteiger partial charge in [0.2, 0.25) is 7.98 Å². The first-order chi connectivity index (χ1) is 9.19. The van der Waals surface area contributed by atoms with E-state index < -0.39 is 0 Å². The summed E-state index contributed by atoms with van der Waals surface area (Å²) in [5.41, 5.74) is 2.36. The average Bonchev–Trinajstić information content (AvgIpc) is 2.40. The van der Waals surface area contributed by atoms with Crippen LogP contribution in [0.25, 0.3) is 0 Å². The fraction of sp³-hybridized carbons (Fsp3) is 0.176. The minimum atomic E-state index is 0.843. The van der Waals surface area contributed by atoms with E-state index in [2.05, 4.69) is 50.3 Å². The zero-order valence-electron chi connectivity index (χ0n) is 12.3. The fourth-order valence-electron chi connectivity index (χ4n) is 1.56. The molecule has 0 aliphatic carbocycles. The minimum Gasteiger partial charge on any atom is -0.418 e. The van der Waals surface area contributed by atoms with E-state index in [9.17, 15) is 0 Å². The third-order valence-electron chi connectivity index (χ3n) is 2.44. The van der Waals surface area contributed by atoms with Crippen LogP contribution in [0.15, 0.2) is 85.2 Å². The van der Waals surface area contributed by atoms with Crippen molar-refractivity contribution in [2.75, 3.05) is 6.54 Å². The van der Waals surface area contributed by atoms with Crippen LogP contribution in [0.5, 0.6) is 0 Å². The maximum Gasteiger partial charge on any atom is 0.217 e. The summed E-state index contributed by atoms with van der Waals surface area (Å²) in [6.45, 7) is 12.3. The van der Waals surface area contributed by atoms with E-state index in [-0.39, 0.29) is 0 Å². The highest BCUT2D eigenvalue weighted by Gasteiger charge is 2.01. The number of hydrogen-bond acceptors (Lipinski definition) is 1. The number of nitrogens with zero attached hydrogens (tertiary/aromatic N) is 1. The van der Waals surface area contributed by atoms with Gasteiger partial charge in [-0.1, -0.05) is 61.8 Å². The third kappa shape index (κ3) is 7.88. The second-order valence-corrected chi connectivity index (χ2v) is 4.05. The van der Waals surface area contributed by atoms with Crippen LogP contribution in [0.3, 0.4) is 0 Å². The van der Waals surface area contributed by atoms with Crippen LogP contribution in [0.1, 0.15) is 13.8 Å². The van der Waals surface area contributed by atoms with Gasteiger partial charge in [0.05, 0.1) is 0 Å². The van der Waals surface area contributed by atoms with Crippen molar-refractivity contribution in [3.05, 3.63) is 85.2 Å². The Balaban J connectivity index is 4.99. The monoisotopic (exact) mass is 253 g/mol. The van der Waals surface area contributed by atoms with Gasteiger partial charge >= 0.3 is 0 Å². The molecule has 0 atom stereocenters. The van der Waals surface area contributed by atoms with Crippen molar-refractivity contribution in [1.82, 2.24) is 4.81 Å². The first kappa shape index (κ1) is 17.0. The smallest absolute Gasteiger partial charge is 0.217 e. The lowest BCUT2D eigenvalue weighted by Crippen LogP contribution is -2.20. The van der Waals surface area contributed by atoms with Crippen molar-refractivity contribution in [2.24, 2.45) is 0 Å². The number of hydrogen-bond donors (Lipinski definition) is 0. The SMILES string of the molecule is BN(CC(/C=C\C)=C/C=C\C)C(/C=C\C=C)=C/C=C. The van der Waals surface area contributed by atoms with E-state index in [1.54, 1.807) is 12.2 Å². The zero-order valence-corrected chi connectivity index (χ0v) is 12.3. The normalized spacial score (nSPS) is 13.6. The predicted molar refractivity (Wildman–Crippen MR) is 90.6 cm³/mol. The van der Waals surface area contributed by atoms with Gasteiger partial charge in [-0.05, 0) is 31.6 Å².